The van der Waals surface area contributed by atoms with Crippen molar-refractivity contribution in [3.05, 3.63) is 12.2 Å². The topological polar surface area (TPSA) is 20.2 Å². The number of rotatable bonds is 4. The standard InChI is InChI=1S/C24H40O/c1-17(7-6-16-25)20-11-12-21-19-10-9-18-8-4-5-14-23(18,2)22(19)13-15-24(20,21)3/h9-10,17-22,25H,4-8,11-16H2,1-3H3/t17-,18-,19-,20+,21+,22-,23+,24-/m1/s1. The van der Waals surface area contributed by atoms with E-state index in [0.717, 1.165) is 41.9 Å². The van der Waals surface area contributed by atoms with Crippen LogP contribution in [0.5, 0.6) is 0 Å². The lowest BCUT2D eigenvalue weighted by molar-refractivity contribution is -0.0645. The van der Waals surface area contributed by atoms with Crippen molar-refractivity contribution in [2.75, 3.05) is 6.61 Å². The summed E-state index contributed by atoms with van der Waals surface area (Å²) < 4.78 is 0. The summed E-state index contributed by atoms with van der Waals surface area (Å²) in [5, 5.41) is 9.24. The van der Waals surface area contributed by atoms with E-state index in [-0.39, 0.29) is 0 Å². The molecule has 0 unspecified atom stereocenters. The molecule has 8 atom stereocenters. The van der Waals surface area contributed by atoms with Crippen LogP contribution in [-0.2, 0) is 0 Å². The Hall–Kier alpha value is -0.300. The van der Waals surface area contributed by atoms with E-state index in [9.17, 15) is 5.11 Å². The molecule has 0 amide bonds. The number of aliphatic hydroxyl groups excluding tert-OH is 1. The molecule has 4 aliphatic rings. The molecule has 0 heterocycles. The molecule has 142 valence electrons. The Labute approximate surface area is 155 Å². The predicted octanol–water partition coefficient (Wildman–Crippen LogP) is 6.22. The Morgan fingerprint density at radius 3 is 2.56 bits per heavy atom. The minimum atomic E-state index is 0.365. The summed E-state index contributed by atoms with van der Waals surface area (Å²) in [6, 6.07) is 0. The molecule has 25 heavy (non-hydrogen) atoms. The number of allylic oxidation sites excluding steroid dienone is 2. The zero-order chi connectivity index (χ0) is 17.7. The van der Waals surface area contributed by atoms with Gasteiger partial charge in [0.2, 0.25) is 0 Å². The Kier molecular flexibility index (Phi) is 4.84. The Morgan fingerprint density at radius 1 is 0.960 bits per heavy atom. The first-order chi connectivity index (χ1) is 12.0. The first-order valence-electron chi connectivity index (χ1n) is 11.3. The zero-order valence-electron chi connectivity index (χ0n) is 16.8. The molecule has 1 nitrogen and oxygen atoms in total. The normalized spacial score (nSPS) is 50.0. The third-order valence-corrected chi connectivity index (χ3v) is 9.65. The lowest BCUT2D eigenvalue weighted by Crippen LogP contribution is -2.51. The number of aliphatic hydroxyl groups is 1. The van der Waals surface area contributed by atoms with E-state index in [0.29, 0.717) is 17.4 Å². The average molecular weight is 345 g/mol. The van der Waals surface area contributed by atoms with Gasteiger partial charge in [0.1, 0.15) is 0 Å². The predicted molar refractivity (Wildman–Crippen MR) is 105 cm³/mol. The molecule has 0 radical (unpaired) electrons. The van der Waals surface area contributed by atoms with Gasteiger partial charge in [-0.2, -0.15) is 0 Å². The van der Waals surface area contributed by atoms with Crippen LogP contribution in [0.1, 0.15) is 85.0 Å². The third-order valence-electron chi connectivity index (χ3n) is 9.65. The van der Waals surface area contributed by atoms with Crippen molar-refractivity contribution in [1.82, 2.24) is 0 Å². The highest BCUT2D eigenvalue weighted by Gasteiger charge is 2.58. The summed E-state index contributed by atoms with van der Waals surface area (Å²) >= 11 is 0. The van der Waals surface area contributed by atoms with Crippen molar-refractivity contribution in [2.24, 2.45) is 46.3 Å². The monoisotopic (exact) mass is 344 g/mol. The van der Waals surface area contributed by atoms with Crippen molar-refractivity contribution in [3.8, 4) is 0 Å². The van der Waals surface area contributed by atoms with Gasteiger partial charge in [-0.15, -0.1) is 0 Å². The van der Waals surface area contributed by atoms with E-state index in [1.807, 2.05) is 0 Å². The minimum Gasteiger partial charge on any atom is -0.396 e. The molecule has 0 aromatic rings. The summed E-state index contributed by atoms with van der Waals surface area (Å²) in [6.07, 6.45) is 19.2. The molecule has 0 saturated heterocycles. The zero-order valence-corrected chi connectivity index (χ0v) is 16.8. The van der Waals surface area contributed by atoms with Gasteiger partial charge in [0, 0.05) is 6.61 Å². The van der Waals surface area contributed by atoms with Crippen LogP contribution in [0.2, 0.25) is 0 Å². The van der Waals surface area contributed by atoms with Gasteiger partial charge in [0.25, 0.3) is 0 Å². The first-order valence-corrected chi connectivity index (χ1v) is 11.3. The SMILES string of the molecule is C[C@H](CCCO)[C@@H]1CC[C@H]2[C@H]3C=C[C@H]4CCCC[C@]4(C)[C@@H]3CC[C@@]21C. The van der Waals surface area contributed by atoms with E-state index in [1.54, 1.807) is 0 Å². The van der Waals surface area contributed by atoms with Crippen LogP contribution in [-0.4, -0.2) is 11.7 Å². The van der Waals surface area contributed by atoms with E-state index < -0.39 is 0 Å². The number of hydrogen-bond acceptors (Lipinski definition) is 1. The Bertz CT molecular complexity index is 510. The van der Waals surface area contributed by atoms with Crippen molar-refractivity contribution < 1.29 is 5.11 Å². The molecule has 1 N–H and O–H groups in total. The molecular formula is C24H40O. The summed E-state index contributed by atoms with van der Waals surface area (Å²) in [4.78, 5) is 0. The van der Waals surface area contributed by atoms with Crippen LogP contribution in [0, 0.1) is 46.3 Å². The molecule has 0 spiro atoms. The highest BCUT2D eigenvalue weighted by molar-refractivity contribution is 5.17. The second-order valence-electron chi connectivity index (χ2n) is 10.6. The maximum atomic E-state index is 9.24. The van der Waals surface area contributed by atoms with Crippen molar-refractivity contribution in [1.29, 1.82) is 0 Å². The Balaban J connectivity index is 1.57. The van der Waals surface area contributed by atoms with Gasteiger partial charge in [-0.3, -0.25) is 0 Å². The van der Waals surface area contributed by atoms with Crippen molar-refractivity contribution in [2.45, 2.75) is 85.0 Å². The minimum absolute atomic E-state index is 0.365. The van der Waals surface area contributed by atoms with E-state index in [2.05, 4.69) is 32.9 Å². The quantitative estimate of drug-likeness (QED) is 0.600. The van der Waals surface area contributed by atoms with Crippen LogP contribution in [0.25, 0.3) is 0 Å². The maximum Gasteiger partial charge on any atom is 0.0431 e. The summed E-state index contributed by atoms with van der Waals surface area (Å²) in [5.41, 5.74) is 1.15. The number of hydrogen-bond donors (Lipinski definition) is 1. The lowest BCUT2D eigenvalue weighted by Gasteiger charge is -2.58. The molecule has 1 heteroatoms. The van der Waals surface area contributed by atoms with Crippen molar-refractivity contribution >= 4 is 0 Å². The van der Waals surface area contributed by atoms with Gasteiger partial charge >= 0.3 is 0 Å². The van der Waals surface area contributed by atoms with Gasteiger partial charge in [-0.25, -0.2) is 0 Å². The smallest absolute Gasteiger partial charge is 0.0431 e. The first kappa shape index (κ1) is 18.1. The van der Waals surface area contributed by atoms with Gasteiger partial charge in [-0.05, 0) is 97.7 Å². The van der Waals surface area contributed by atoms with E-state index in [4.69, 9.17) is 0 Å². The molecule has 0 aromatic heterocycles. The second kappa shape index (κ2) is 6.70. The van der Waals surface area contributed by atoms with E-state index in [1.165, 1.54) is 57.8 Å². The fourth-order valence-electron chi connectivity index (χ4n) is 8.25. The van der Waals surface area contributed by atoms with Crippen LogP contribution in [0.3, 0.4) is 0 Å². The summed E-state index contributed by atoms with van der Waals surface area (Å²) in [7, 11) is 0. The largest absolute Gasteiger partial charge is 0.396 e. The fraction of sp³-hybridized carbons (Fsp3) is 0.917. The van der Waals surface area contributed by atoms with Gasteiger partial charge in [0.15, 0.2) is 0 Å². The molecule has 0 bridgehead atoms. The summed E-state index contributed by atoms with van der Waals surface area (Å²) in [5.74, 6) is 5.26. The molecular weight excluding hydrogens is 304 g/mol. The molecule has 0 aliphatic heterocycles. The lowest BCUT2D eigenvalue weighted by atomic mass is 9.46. The molecule has 0 aromatic carbocycles. The molecule has 3 fully saturated rings. The second-order valence-corrected chi connectivity index (χ2v) is 10.6. The number of fused-ring (bicyclic) bond motifs is 5. The highest BCUT2D eigenvalue weighted by atomic mass is 16.2. The molecule has 4 rings (SSSR count). The van der Waals surface area contributed by atoms with Crippen LogP contribution in [0.4, 0.5) is 0 Å². The third kappa shape index (κ3) is 2.75. The highest BCUT2D eigenvalue weighted by Crippen LogP contribution is 2.66. The van der Waals surface area contributed by atoms with Crippen LogP contribution < -0.4 is 0 Å². The maximum absolute atomic E-state index is 9.24. The fourth-order valence-corrected chi connectivity index (χ4v) is 8.25. The summed E-state index contributed by atoms with van der Waals surface area (Å²) in [6.45, 7) is 8.13. The van der Waals surface area contributed by atoms with E-state index >= 15 is 0 Å². The Morgan fingerprint density at radius 2 is 1.76 bits per heavy atom. The molecule has 3 saturated carbocycles. The van der Waals surface area contributed by atoms with Gasteiger partial charge in [0.05, 0.1) is 0 Å². The van der Waals surface area contributed by atoms with Crippen molar-refractivity contribution in [3.63, 3.8) is 0 Å². The molecule has 4 aliphatic carbocycles. The van der Waals surface area contributed by atoms with Crippen LogP contribution >= 0.6 is 0 Å². The van der Waals surface area contributed by atoms with Gasteiger partial charge in [-0.1, -0.05) is 45.8 Å². The van der Waals surface area contributed by atoms with Crippen LogP contribution in [0.15, 0.2) is 12.2 Å². The average Bonchev–Trinajstić information content (AvgIpc) is 2.96. The van der Waals surface area contributed by atoms with Gasteiger partial charge < -0.3 is 5.11 Å².